The summed E-state index contributed by atoms with van der Waals surface area (Å²) in [6.07, 6.45) is 1.74. The molecule has 0 amide bonds. The molecule has 28 heavy (non-hydrogen) atoms. The van der Waals surface area contributed by atoms with E-state index in [1.807, 2.05) is 23.5 Å². The molecule has 0 fully saturated rings. The van der Waals surface area contributed by atoms with Gasteiger partial charge in [-0.05, 0) is 41.6 Å². The number of nitrogens with one attached hydrogen (secondary N) is 2. The van der Waals surface area contributed by atoms with Gasteiger partial charge in [0, 0.05) is 39.1 Å². The lowest BCUT2D eigenvalue weighted by Crippen LogP contribution is -1.95. The van der Waals surface area contributed by atoms with Gasteiger partial charge in [-0.15, -0.1) is 11.3 Å². The fraction of sp³-hybridized carbons (Fsp3) is 0.227. The Morgan fingerprint density at radius 3 is 2.75 bits per heavy atom. The number of rotatable bonds is 5. The number of benzene rings is 2. The van der Waals surface area contributed by atoms with Crippen LogP contribution in [-0.2, 0) is 12.8 Å². The van der Waals surface area contributed by atoms with Gasteiger partial charge in [0.2, 0.25) is 0 Å². The lowest BCUT2D eigenvalue weighted by molar-refractivity contribution is 0.622. The second-order valence-electron chi connectivity index (χ2n) is 7.57. The van der Waals surface area contributed by atoms with Gasteiger partial charge < -0.3 is 0 Å². The predicted molar refractivity (Wildman–Crippen MR) is 115 cm³/mol. The van der Waals surface area contributed by atoms with Crippen LogP contribution in [0.4, 0.5) is 0 Å². The van der Waals surface area contributed by atoms with E-state index in [2.05, 4.69) is 75.6 Å². The van der Waals surface area contributed by atoms with Crippen LogP contribution in [0.25, 0.3) is 32.4 Å². The fourth-order valence-corrected chi connectivity index (χ4v) is 4.61. The molecule has 0 saturated carbocycles. The van der Waals surface area contributed by atoms with Crippen molar-refractivity contribution in [1.82, 2.24) is 25.4 Å². The Balaban J connectivity index is 1.48. The molecular weight excluding hydrogens is 366 g/mol. The van der Waals surface area contributed by atoms with Crippen molar-refractivity contribution < 1.29 is 0 Å². The topological polar surface area (TPSA) is 70.2 Å². The van der Waals surface area contributed by atoms with Gasteiger partial charge in [0.05, 0.1) is 5.52 Å². The Bertz CT molecular complexity index is 1230. The third kappa shape index (κ3) is 3.20. The third-order valence-electron chi connectivity index (χ3n) is 4.85. The average molecular weight is 388 g/mol. The van der Waals surface area contributed by atoms with E-state index >= 15 is 0 Å². The van der Waals surface area contributed by atoms with E-state index in [0.717, 1.165) is 46.7 Å². The lowest BCUT2D eigenvalue weighted by Gasteiger charge is -1.99. The molecule has 0 aliphatic carbocycles. The maximum Gasteiger partial charge on any atom is 0.181 e. The number of nitrogens with zero attached hydrogens (tertiary/aromatic N) is 3. The second kappa shape index (κ2) is 6.87. The second-order valence-corrected chi connectivity index (χ2v) is 8.73. The van der Waals surface area contributed by atoms with E-state index in [-0.39, 0.29) is 0 Å². The molecule has 0 atom stereocenters. The Kier molecular flexibility index (Phi) is 4.20. The van der Waals surface area contributed by atoms with Crippen molar-refractivity contribution >= 4 is 32.3 Å². The van der Waals surface area contributed by atoms with Crippen molar-refractivity contribution in [3.8, 4) is 11.4 Å². The standard InChI is InChI=1S/C22H21N5S/c1-13(2)9-21-23-22(27-26-21)15-7-8-18-17(11-15)19(25-24-18)12-16-10-14-5-3-4-6-20(14)28-16/h3-8,10-11,13H,9,12H2,1-2H3,(H,24,25)(H,23,26,27). The minimum absolute atomic E-state index is 0.546. The van der Waals surface area contributed by atoms with Crippen LogP contribution >= 0.6 is 11.3 Å². The zero-order valence-corrected chi connectivity index (χ0v) is 16.7. The molecule has 5 aromatic rings. The molecule has 6 heteroatoms. The maximum absolute atomic E-state index is 4.66. The van der Waals surface area contributed by atoms with Crippen LogP contribution < -0.4 is 0 Å². The average Bonchev–Trinajstić information content (AvgIpc) is 3.39. The van der Waals surface area contributed by atoms with Gasteiger partial charge in [0.15, 0.2) is 5.82 Å². The van der Waals surface area contributed by atoms with Crippen LogP contribution in [0.3, 0.4) is 0 Å². The highest BCUT2D eigenvalue weighted by Crippen LogP contribution is 2.30. The number of aromatic nitrogens is 5. The monoisotopic (exact) mass is 387 g/mol. The molecule has 0 unspecified atom stereocenters. The first kappa shape index (κ1) is 17.1. The van der Waals surface area contributed by atoms with Crippen LogP contribution in [0.1, 0.15) is 30.2 Å². The molecule has 3 heterocycles. The van der Waals surface area contributed by atoms with Gasteiger partial charge in [-0.3, -0.25) is 10.2 Å². The van der Waals surface area contributed by atoms with Crippen LogP contribution in [0.2, 0.25) is 0 Å². The molecule has 0 saturated heterocycles. The van der Waals surface area contributed by atoms with Crippen LogP contribution in [0.5, 0.6) is 0 Å². The fourth-order valence-electron chi connectivity index (χ4n) is 3.54. The third-order valence-corrected chi connectivity index (χ3v) is 5.97. The van der Waals surface area contributed by atoms with Crippen molar-refractivity contribution in [1.29, 1.82) is 0 Å². The summed E-state index contributed by atoms with van der Waals surface area (Å²) in [5.41, 5.74) is 3.11. The van der Waals surface area contributed by atoms with Gasteiger partial charge in [-0.1, -0.05) is 32.0 Å². The summed E-state index contributed by atoms with van der Waals surface area (Å²) in [7, 11) is 0. The SMILES string of the molecule is CC(C)Cc1nc(-c2ccc3n[nH]c(Cc4cc5ccccc5s4)c3c2)n[nH]1. The number of H-pyrrole nitrogens is 2. The van der Waals surface area contributed by atoms with E-state index < -0.39 is 0 Å². The summed E-state index contributed by atoms with van der Waals surface area (Å²) in [5, 5.41) is 17.6. The van der Waals surface area contributed by atoms with Crippen LogP contribution in [0, 0.1) is 5.92 Å². The zero-order valence-electron chi connectivity index (χ0n) is 15.9. The highest BCUT2D eigenvalue weighted by Gasteiger charge is 2.12. The van der Waals surface area contributed by atoms with E-state index in [1.54, 1.807) is 0 Å². The largest absolute Gasteiger partial charge is 0.281 e. The van der Waals surface area contributed by atoms with Crippen LogP contribution in [-0.4, -0.2) is 25.4 Å². The number of thiophene rings is 1. The number of hydrogen-bond donors (Lipinski definition) is 2. The van der Waals surface area contributed by atoms with Crippen molar-refractivity contribution in [3.63, 3.8) is 0 Å². The Morgan fingerprint density at radius 2 is 1.89 bits per heavy atom. The zero-order chi connectivity index (χ0) is 19.1. The van der Waals surface area contributed by atoms with Gasteiger partial charge in [-0.2, -0.15) is 10.2 Å². The molecule has 0 bridgehead atoms. The molecule has 2 aromatic carbocycles. The van der Waals surface area contributed by atoms with Crippen molar-refractivity contribution in [2.75, 3.05) is 0 Å². The van der Waals surface area contributed by atoms with E-state index in [0.29, 0.717) is 5.92 Å². The Labute approximate surface area is 166 Å². The molecule has 0 radical (unpaired) electrons. The summed E-state index contributed by atoms with van der Waals surface area (Å²) in [6.45, 7) is 4.36. The summed E-state index contributed by atoms with van der Waals surface area (Å²) < 4.78 is 1.32. The first-order valence-corrected chi connectivity index (χ1v) is 10.3. The molecule has 140 valence electrons. The normalized spacial score (nSPS) is 11.8. The van der Waals surface area contributed by atoms with E-state index in [9.17, 15) is 0 Å². The van der Waals surface area contributed by atoms with Crippen molar-refractivity contribution in [2.45, 2.75) is 26.7 Å². The number of aromatic amines is 2. The molecule has 5 rings (SSSR count). The van der Waals surface area contributed by atoms with Gasteiger partial charge >= 0.3 is 0 Å². The van der Waals surface area contributed by atoms with Crippen molar-refractivity contribution in [2.24, 2.45) is 5.92 Å². The molecule has 5 nitrogen and oxygen atoms in total. The molecule has 2 N–H and O–H groups in total. The minimum Gasteiger partial charge on any atom is -0.281 e. The minimum atomic E-state index is 0.546. The molecular formula is C22H21N5S. The van der Waals surface area contributed by atoms with Crippen molar-refractivity contribution in [3.05, 3.63) is 64.9 Å². The quantitative estimate of drug-likeness (QED) is 0.427. The molecule has 0 spiro atoms. The van der Waals surface area contributed by atoms with Gasteiger partial charge in [-0.25, -0.2) is 4.98 Å². The maximum atomic E-state index is 4.66. The van der Waals surface area contributed by atoms with E-state index in [1.165, 1.54) is 15.0 Å². The smallest absolute Gasteiger partial charge is 0.181 e. The van der Waals surface area contributed by atoms with Crippen LogP contribution in [0.15, 0.2) is 48.5 Å². The highest BCUT2D eigenvalue weighted by molar-refractivity contribution is 7.19. The molecule has 0 aliphatic heterocycles. The summed E-state index contributed by atoms with van der Waals surface area (Å²) in [5.74, 6) is 2.22. The first-order chi connectivity index (χ1) is 13.7. The number of fused-ring (bicyclic) bond motifs is 2. The highest BCUT2D eigenvalue weighted by atomic mass is 32.1. The molecule has 3 aromatic heterocycles. The summed E-state index contributed by atoms with van der Waals surface area (Å²) >= 11 is 1.84. The lowest BCUT2D eigenvalue weighted by atomic mass is 10.1. The Hall–Kier alpha value is -2.99. The van der Waals surface area contributed by atoms with Gasteiger partial charge in [0.25, 0.3) is 0 Å². The number of hydrogen-bond acceptors (Lipinski definition) is 4. The van der Waals surface area contributed by atoms with E-state index in [4.69, 9.17) is 0 Å². The molecule has 0 aliphatic rings. The summed E-state index contributed by atoms with van der Waals surface area (Å²) in [4.78, 5) is 5.99. The van der Waals surface area contributed by atoms with Gasteiger partial charge in [0.1, 0.15) is 5.82 Å². The predicted octanol–water partition coefficient (Wildman–Crippen LogP) is 5.35. The first-order valence-electron chi connectivity index (χ1n) is 9.52. The Morgan fingerprint density at radius 1 is 1.00 bits per heavy atom. The summed E-state index contributed by atoms with van der Waals surface area (Å²) in [6, 6.07) is 17.0.